The van der Waals surface area contributed by atoms with Gasteiger partial charge >= 0.3 is 12.1 Å². The fraction of sp³-hybridized carbons (Fsp3) is 0.789. The van der Waals surface area contributed by atoms with Crippen molar-refractivity contribution in [3.8, 4) is 0 Å². The standard InChI is InChI=1S/C17H28N2OS.C2HF3O2/c1-12(2)10-20-17-14-5-4-6-15(17)8-19(7-14)9-16-11-21-13(3)18-16;3-2(4,5)1(6)7/h11-12,14-15,17H,4-10H2,1-3H3;(H,6,7). The second-order valence-corrected chi connectivity index (χ2v) is 9.06. The number of alkyl halides is 3. The number of aryl methyl sites for hydroxylation is 1. The lowest BCUT2D eigenvalue weighted by molar-refractivity contribution is -0.192. The molecule has 2 fully saturated rings. The lowest BCUT2D eigenvalue weighted by Gasteiger charge is -2.47. The molecule has 1 saturated carbocycles. The number of hydrogen-bond donors (Lipinski definition) is 1. The second kappa shape index (κ2) is 10.0. The minimum Gasteiger partial charge on any atom is -0.475 e. The van der Waals surface area contributed by atoms with E-state index in [-0.39, 0.29) is 0 Å². The molecule has 2 aliphatic rings. The van der Waals surface area contributed by atoms with Crippen LogP contribution in [0.2, 0.25) is 0 Å². The molecule has 1 saturated heterocycles. The van der Waals surface area contributed by atoms with E-state index >= 15 is 0 Å². The first-order valence-electron chi connectivity index (χ1n) is 9.61. The van der Waals surface area contributed by atoms with Crippen LogP contribution in [0.4, 0.5) is 13.2 Å². The highest BCUT2D eigenvalue weighted by atomic mass is 32.1. The van der Waals surface area contributed by atoms with E-state index in [4.69, 9.17) is 14.6 Å². The Labute approximate surface area is 167 Å². The van der Waals surface area contributed by atoms with Gasteiger partial charge in [0, 0.05) is 31.6 Å². The number of carbonyl (C=O) groups is 1. The monoisotopic (exact) mass is 422 g/mol. The molecule has 160 valence electrons. The van der Waals surface area contributed by atoms with Crippen LogP contribution in [0.15, 0.2) is 5.38 Å². The summed E-state index contributed by atoms with van der Waals surface area (Å²) in [7, 11) is 0. The first-order valence-corrected chi connectivity index (χ1v) is 10.5. The highest BCUT2D eigenvalue weighted by Crippen LogP contribution is 2.37. The fourth-order valence-electron chi connectivity index (χ4n) is 3.90. The number of aromatic nitrogens is 1. The Morgan fingerprint density at radius 2 is 1.93 bits per heavy atom. The SMILES string of the molecule is Cc1nc(CN2CC3CCCC(C2)C3OCC(C)C)cs1.O=C(O)C(F)(F)F. The molecule has 9 heteroatoms. The topological polar surface area (TPSA) is 62.7 Å². The Morgan fingerprint density at radius 1 is 1.36 bits per heavy atom. The van der Waals surface area contributed by atoms with Gasteiger partial charge in [-0.25, -0.2) is 9.78 Å². The molecule has 2 heterocycles. The van der Waals surface area contributed by atoms with E-state index in [1.165, 1.54) is 43.1 Å². The number of aliphatic carboxylic acids is 1. The zero-order valence-corrected chi connectivity index (χ0v) is 17.4. The molecule has 28 heavy (non-hydrogen) atoms. The van der Waals surface area contributed by atoms with Gasteiger partial charge in [-0.05, 0) is 37.5 Å². The third-order valence-electron chi connectivity index (χ3n) is 4.98. The van der Waals surface area contributed by atoms with Gasteiger partial charge < -0.3 is 9.84 Å². The quantitative estimate of drug-likeness (QED) is 0.764. The normalized spacial score (nSPS) is 25.3. The van der Waals surface area contributed by atoms with Crippen molar-refractivity contribution in [2.24, 2.45) is 17.8 Å². The Kier molecular flexibility index (Phi) is 8.27. The van der Waals surface area contributed by atoms with E-state index in [2.05, 4.69) is 36.0 Å². The molecule has 1 aliphatic heterocycles. The fourth-order valence-corrected chi connectivity index (χ4v) is 4.50. The Hall–Kier alpha value is -1.19. The summed E-state index contributed by atoms with van der Waals surface area (Å²) >= 11 is 1.76. The summed E-state index contributed by atoms with van der Waals surface area (Å²) in [5.74, 6) is -0.652. The maximum absolute atomic E-state index is 10.6. The largest absolute Gasteiger partial charge is 0.490 e. The van der Waals surface area contributed by atoms with Crippen LogP contribution in [-0.2, 0) is 16.1 Å². The van der Waals surface area contributed by atoms with Crippen LogP contribution in [0.3, 0.4) is 0 Å². The summed E-state index contributed by atoms with van der Waals surface area (Å²) < 4.78 is 38.0. The van der Waals surface area contributed by atoms with Crippen LogP contribution in [0.5, 0.6) is 0 Å². The van der Waals surface area contributed by atoms with Gasteiger partial charge in [0.25, 0.3) is 0 Å². The van der Waals surface area contributed by atoms with Crippen LogP contribution >= 0.6 is 11.3 Å². The lowest BCUT2D eigenvalue weighted by atomic mass is 9.75. The van der Waals surface area contributed by atoms with Crippen LogP contribution in [0.1, 0.15) is 43.8 Å². The summed E-state index contributed by atoms with van der Waals surface area (Å²) in [6, 6.07) is 0. The first kappa shape index (κ1) is 23.1. The molecular formula is C19H29F3N2O3S. The van der Waals surface area contributed by atoms with Gasteiger partial charge in [0.15, 0.2) is 0 Å². The van der Waals surface area contributed by atoms with Crippen molar-refractivity contribution in [3.05, 3.63) is 16.1 Å². The average molecular weight is 423 g/mol. The van der Waals surface area contributed by atoms with Gasteiger partial charge in [0.05, 0.1) is 16.8 Å². The average Bonchev–Trinajstić information content (AvgIpc) is 2.97. The van der Waals surface area contributed by atoms with Crippen molar-refractivity contribution in [3.63, 3.8) is 0 Å². The molecule has 0 radical (unpaired) electrons. The highest BCUT2D eigenvalue weighted by molar-refractivity contribution is 7.09. The Morgan fingerprint density at radius 3 is 2.36 bits per heavy atom. The van der Waals surface area contributed by atoms with Crippen molar-refractivity contribution < 1.29 is 27.8 Å². The van der Waals surface area contributed by atoms with Crippen molar-refractivity contribution in [1.82, 2.24) is 9.88 Å². The molecule has 5 nitrogen and oxygen atoms in total. The van der Waals surface area contributed by atoms with Crippen LogP contribution in [0.25, 0.3) is 0 Å². The minimum absolute atomic E-state index is 0.509. The molecule has 1 aromatic heterocycles. The number of ether oxygens (including phenoxy) is 1. The third kappa shape index (κ3) is 7.00. The molecule has 2 atom stereocenters. The van der Waals surface area contributed by atoms with E-state index in [9.17, 15) is 13.2 Å². The minimum atomic E-state index is -5.08. The zero-order chi connectivity index (χ0) is 20.9. The second-order valence-electron chi connectivity index (χ2n) is 8.00. The molecule has 2 bridgehead atoms. The number of nitrogens with zero attached hydrogens (tertiary/aromatic N) is 2. The molecule has 3 rings (SSSR count). The number of hydrogen-bond acceptors (Lipinski definition) is 5. The summed E-state index contributed by atoms with van der Waals surface area (Å²) in [5, 5.41) is 10.5. The van der Waals surface area contributed by atoms with E-state index < -0.39 is 12.1 Å². The number of carboxylic acids is 1. The molecular weight excluding hydrogens is 393 g/mol. The number of piperidine rings is 1. The van der Waals surface area contributed by atoms with Gasteiger partial charge in [-0.3, -0.25) is 4.90 Å². The van der Waals surface area contributed by atoms with Crippen molar-refractivity contribution in [1.29, 1.82) is 0 Å². The maximum atomic E-state index is 10.6. The van der Waals surface area contributed by atoms with Gasteiger partial charge in [0.2, 0.25) is 0 Å². The third-order valence-corrected chi connectivity index (χ3v) is 5.80. The van der Waals surface area contributed by atoms with Crippen LogP contribution in [0, 0.1) is 24.7 Å². The number of thiazole rings is 1. The Balaban J connectivity index is 0.000000345. The van der Waals surface area contributed by atoms with Crippen LogP contribution < -0.4 is 0 Å². The van der Waals surface area contributed by atoms with Gasteiger partial charge in [-0.2, -0.15) is 13.2 Å². The lowest BCUT2D eigenvalue weighted by Crippen LogP contribution is -2.52. The Bertz CT molecular complexity index is 622. The number of likely N-dealkylation sites (tertiary alicyclic amines) is 1. The molecule has 0 spiro atoms. The van der Waals surface area contributed by atoms with Gasteiger partial charge in [-0.1, -0.05) is 20.3 Å². The predicted molar refractivity (Wildman–Crippen MR) is 101 cm³/mol. The number of halogens is 3. The van der Waals surface area contributed by atoms with Crippen molar-refractivity contribution in [2.45, 2.75) is 58.9 Å². The van der Waals surface area contributed by atoms with E-state index in [0.29, 0.717) is 12.0 Å². The van der Waals surface area contributed by atoms with E-state index in [0.717, 1.165) is 25.0 Å². The van der Waals surface area contributed by atoms with Crippen molar-refractivity contribution in [2.75, 3.05) is 19.7 Å². The summed E-state index contributed by atoms with van der Waals surface area (Å²) in [4.78, 5) is 16.1. The van der Waals surface area contributed by atoms with Crippen LogP contribution in [-0.4, -0.2) is 52.9 Å². The molecule has 0 aromatic carbocycles. The van der Waals surface area contributed by atoms with Crippen molar-refractivity contribution >= 4 is 17.3 Å². The van der Waals surface area contributed by atoms with E-state index in [1.54, 1.807) is 11.3 Å². The number of fused-ring (bicyclic) bond motifs is 2. The van der Waals surface area contributed by atoms with Gasteiger partial charge in [0.1, 0.15) is 0 Å². The molecule has 1 N–H and O–H groups in total. The number of rotatable bonds is 5. The number of carboxylic acid groups (broad SMARTS) is 1. The molecule has 1 aromatic rings. The molecule has 0 amide bonds. The zero-order valence-electron chi connectivity index (χ0n) is 16.5. The predicted octanol–water partition coefficient (Wildman–Crippen LogP) is 4.36. The summed E-state index contributed by atoms with van der Waals surface area (Å²) in [6.45, 7) is 10.9. The first-order chi connectivity index (χ1) is 13.1. The summed E-state index contributed by atoms with van der Waals surface area (Å²) in [6.07, 6.45) is -0.507. The molecule has 1 aliphatic carbocycles. The summed E-state index contributed by atoms with van der Waals surface area (Å²) in [5.41, 5.74) is 1.25. The van der Waals surface area contributed by atoms with Gasteiger partial charge in [-0.15, -0.1) is 11.3 Å². The van der Waals surface area contributed by atoms with E-state index in [1.807, 2.05) is 0 Å². The molecule has 2 unspecified atom stereocenters. The highest BCUT2D eigenvalue weighted by Gasteiger charge is 2.40. The smallest absolute Gasteiger partial charge is 0.475 e. The maximum Gasteiger partial charge on any atom is 0.490 e.